The van der Waals surface area contributed by atoms with Crippen molar-refractivity contribution in [1.29, 1.82) is 0 Å². The Morgan fingerprint density at radius 2 is 2.22 bits per heavy atom. The second kappa shape index (κ2) is 7.22. The SMILES string of the molecule is COC(C)(C)C(=O)CCN(C)CC1CCCOC1. The molecule has 1 unspecified atom stereocenters. The van der Waals surface area contributed by atoms with Crippen LogP contribution in [0.1, 0.15) is 33.1 Å². The third kappa shape index (κ3) is 5.04. The predicted molar refractivity (Wildman–Crippen MR) is 71.8 cm³/mol. The average Bonchev–Trinajstić information content (AvgIpc) is 2.37. The summed E-state index contributed by atoms with van der Waals surface area (Å²) in [6.07, 6.45) is 2.95. The third-order valence-corrected chi connectivity index (χ3v) is 3.73. The molecule has 1 aliphatic rings. The maximum absolute atomic E-state index is 11.9. The number of rotatable bonds is 7. The van der Waals surface area contributed by atoms with Gasteiger partial charge in [-0.15, -0.1) is 0 Å². The van der Waals surface area contributed by atoms with E-state index in [1.54, 1.807) is 7.11 Å². The first-order valence-corrected chi connectivity index (χ1v) is 6.80. The van der Waals surface area contributed by atoms with E-state index >= 15 is 0 Å². The summed E-state index contributed by atoms with van der Waals surface area (Å²) in [4.78, 5) is 14.1. The van der Waals surface area contributed by atoms with E-state index in [4.69, 9.17) is 9.47 Å². The molecule has 0 radical (unpaired) electrons. The lowest BCUT2D eigenvalue weighted by Gasteiger charge is -2.28. The van der Waals surface area contributed by atoms with Gasteiger partial charge >= 0.3 is 0 Å². The van der Waals surface area contributed by atoms with Crippen LogP contribution in [0.3, 0.4) is 0 Å². The van der Waals surface area contributed by atoms with E-state index in [0.717, 1.165) is 32.7 Å². The second-order valence-electron chi connectivity index (χ2n) is 5.73. The highest BCUT2D eigenvalue weighted by Gasteiger charge is 2.26. The highest BCUT2D eigenvalue weighted by molar-refractivity contribution is 5.86. The first-order valence-electron chi connectivity index (χ1n) is 6.80. The number of ether oxygens (including phenoxy) is 2. The van der Waals surface area contributed by atoms with Crippen LogP contribution < -0.4 is 0 Å². The molecule has 1 atom stereocenters. The van der Waals surface area contributed by atoms with Gasteiger partial charge in [0.25, 0.3) is 0 Å². The van der Waals surface area contributed by atoms with E-state index < -0.39 is 5.60 Å². The zero-order valence-electron chi connectivity index (χ0n) is 12.2. The molecule has 1 saturated heterocycles. The van der Waals surface area contributed by atoms with Crippen LogP contribution in [0.25, 0.3) is 0 Å². The average molecular weight is 257 g/mol. The zero-order valence-corrected chi connectivity index (χ0v) is 12.2. The molecule has 106 valence electrons. The van der Waals surface area contributed by atoms with Gasteiger partial charge in [0.2, 0.25) is 0 Å². The molecule has 0 aromatic rings. The first kappa shape index (κ1) is 15.6. The van der Waals surface area contributed by atoms with Crippen LogP contribution in [0, 0.1) is 5.92 Å². The van der Waals surface area contributed by atoms with Gasteiger partial charge in [-0.3, -0.25) is 4.79 Å². The summed E-state index contributed by atoms with van der Waals surface area (Å²) in [5.41, 5.74) is -0.658. The van der Waals surface area contributed by atoms with E-state index in [2.05, 4.69) is 11.9 Å². The highest BCUT2D eigenvalue weighted by Crippen LogP contribution is 2.15. The lowest BCUT2D eigenvalue weighted by atomic mass is 9.99. The molecule has 1 fully saturated rings. The Hall–Kier alpha value is -0.450. The molecule has 1 rings (SSSR count). The fourth-order valence-electron chi connectivity index (χ4n) is 2.19. The van der Waals surface area contributed by atoms with Crippen molar-refractivity contribution in [1.82, 2.24) is 4.90 Å². The molecule has 0 saturated carbocycles. The Bertz CT molecular complexity index is 260. The van der Waals surface area contributed by atoms with Gasteiger partial charge in [0.15, 0.2) is 5.78 Å². The summed E-state index contributed by atoms with van der Waals surface area (Å²) >= 11 is 0. The summed E-state index contributed by atoms with van der Waals surface area (Å²) in [7, 11) is 3.66. The van der Waals surface area contributed by atoms with E-state index in [1.165, 1.54) is 6.42 Å². The molecule has 4 heteroatoms. The van der Waals surface area contributed by atoms with Crippen LogP contribution >= 0.6 is 0 Å². The monoisotopic (exact) mass is 257 g/mol. The largest absolute Gasteiger partial charge is 0.381 e. The van der Waals surface area contributed by atoms with Crippen LogP contribution in [0.15, 0.2) is 0 Å². The summed E-state index contributed by atoms with van der Waals surface area (Å²) in [6, 6.07) is 0. The molecule has 1 aliphatic heterocycles. The molecule has 18 heavy (non-hydrogen) atoms. The number of hydrogen-bond acceptors (Lipinski definition) is 4. The van der Waals surface area contributed by atoms with Crippen molar-refractivity contribution in [2.24, 2.45) is 5.92 Å². The van der Waals surface area contributed by atoms with Gasteiger partial charge in [0, 0.05) is 33.2 Å². The quantitative estimate of drug-likeness (QED) is 0.696. The Morgan fingerprint density at radius 1 is 1.50 bits per heavy atom. The summed E-state index contributed by atoms with van der Waals surface area (Å²) in [5.74, 6) is 0.783. The molecule has 0 aromatic carbocycles. The molecular weight excluding hydrogens is 230 g/mol. The topological polar surface area (TPSA) is 38.8 Å². The maximum atomic E-state index is 11.9. The van der Waals surface area contributed by atoms with Gasteiger partial charge in [0.05, 0.1) is 6.61 Å². The minimum absolute atomic E-state index is 0.164. The molecule has 0 aliphatic carbocycles. The van der Waals surface area contributed by atoms with Crippen molar-refractivity contribution < 1.29 is 14.3 Å². The third-order valence-electron chi connectivity index (χ3n) is 3.73. The van der Waals surface area contributed by atoms with Gasteiger partial charge in [-0.2, -0.15) is 0 Å². The lowest BCUT2D eigenvalue weighted by molar-refractivity contribution is -0.137. The number of carbonyl (C=O) groups excluding carboxylic acids is 1. The van der Waals surface area contributed by atoms with Crippen LogP contribution in [0.2, 0.25) is 0 Å². The van der Waals surface area contributed by atoms with Crippen LogP contribution in [-0.2, 0) is 14.3 Å². The molecule has 0 amide bonds. The van der Waals surface area contributed by atoms with Gasteiger partial charge in [-0.1, -0.05) is 0 Å². The van der Waals surface area contributed by atoms with Gasteiger partial charge in [-0.25, -0.2) is 0 Å². The second-order valence-corrected chi connectivity index (χ2v) is 5.73. The maximum Gasteiger partial charge on any atom is 0.165 e. The van der Waals surface area contributed by atoms with Crippen molar-refractivity contribution in [2.75, 3.05) is 40.5 Å². The molecule has 0 spiro atoms. The number of nitrogens with zero attached hydrogens (tertiary/aromatic N) is 1. The summed E-state index contributed by atoms with van der Waals surface area (Å²) in [6.45, 7) is 7.22. The molecule has 4 nitrogen and oxygen atoms in total. The van der Waals surface area contributed by atoms with Crippen molar-refractivity contribution in [3.8, 4) is 0 Å². The highest BCUT2D eigenvalue weighted by atomic mass is 16.5. The number of hydrogen-bond donors (Lipinski definition) is 0. The normalized spacial score (nSPS) is 21.3. The number of carbonyl (C=O) groups is 1. The number of Topliss-reactive ketones (excluding diaryl/α,β-unsaturated/α-hetero) is 1. The summed E-state index contributed by atoms with van der Waals surface area (Å²) in [5, 5.41) is 0. The van der Waals surface area contributed by atoms with Gasteiger partial charge in [0.1, 0.15) is 5.60 Å². The van der Waals surface area contributed by atoms with Crippen molar-refractivity contribution in [2.45, 2.75) is 38.7 Å². The van der Waals surface area contributed by atoms with E-state index in [0.29, 0.717) is 12.3 Å². The minimum atomic E-state index is -0.658. The van der Waals surface area contributed by atoms with Gasteiger partial charge in [-0.05, 0) is 39.7 Å². The molecule has 1 heterocycles. The Kier molecular flexibility index (Phi) is 6.26. The Morgan fingerprint density at radius 3 is 2.78 bits per heavy atom. The Balaban J connectivity index is 2.23. The van der Waals surface area contributed by atoms with E-state index in [9.17, 15) is 4.79 Å². The predicted octanol–water partition coefficient (Wildman–Crippen LogP) is 1.73. The standard InChI is InChI=1S/C14H27NO3/c1-14(2,17-4)13(16)7-8-15(3)10-12-6-5-9-18-11-12/h12H,5-11H2,1-4H3. The zero-order chi connectivity index (χ0) is 13.6. The molecule has 0 bridgehead atoms. The minimum Gasteiger partial charge on any atom is -0.381 e. The molecule has 0 N–H and O–H groups in total. The van der Waals surface area contributed by atoms with E-state index in [1.807, 2.05) is 13.8 Å². The smallest absolute Gasteiger partial charge is 0.165 e. The summed E-state index contributed by atoms with van der Waals surface area (Å²) < 4.78 is 10.7. The van der Waals surface area contributed by atoms with Crippen LogP contribution in [0.5, 0.6) is 0 Å². The number of ketones is 1. The van der Waals surface area contributed by atoms with Crippen molar-refractivity contribution in [3.05, 3.63) is 0 Å². The fourth-order valence-corrected chi connectivity index (χ4v) is 2.19. The fraction of sp³-hybridized carbons (Fsp3) is 0.929. The van der Waals surface area contributed by atoms with Crippen LogP contribution in [0.4, 0.5) is 0 Å². The van der Waals surface area contributed by atoms with Crippen LogP contribution in [-0.4, -0.2) is 56.7 Å². The first-order chi connectivity index (χ1) is 8.45. The molecular formula is C14H27NO3. The lowest BCUT2D eigenvalue weighted by Crippen LogP contribution is -2.37. The molecule has 0 aromatic heterocycles. The van der Waals surface area contributed by atoms with Crippen molar-refractivity contribution >= 4 is 5.78 Å². The van der Waals surface area contributed by atoms with Crippen molar-refractivity contribution in [3.63, 3.8) is 0 Å². The van der Waals surface area contributed by atoms with Gasteiger partial charge < -0.3 is 14.4 Å². The van der Waals surface area contributed by atoms with E-state index in [-0.39, 0.29) is 5.78 Å². The Labute approximate surface area is 111 Å². The number of methoxy groups -OCH3 is 1.